The van der Waals surface area contributed by atoms with Crippen molar-refractivity contribution in [1.29, 1.82) is 0 Å². The molecule has 1 fully saturated rings. The number of hydrogen-bond acceptors (Lipinski definition) is 9. The van der Waals surface area contributed by atoms with Crippen LogP contribution in [0.25, 0.3) is 16.8 Å². The number of furan rings is 1. The average Bonchev–Trinajstić information content (AvgIpc) is 3.72. The summed E-state index contributed by atoms with van der Waals surface area (Å²) in [6.07, 6.45) is 12.0. The number of carbonyl (C=O) groups is 1. The van der Waals surface area contributed by atoms with Crippen LogP contribution in [0.2, 0.25) is 0 Å². The number of nitrogens with one attached hydrogen (secondary N) is 2. The van der Waals surface area contributed by atoms with Crippen LogP contribution in [0, 0.1) is 0 Å². The number of nitrogens with zero attached hydrogens (tertiary/aromatic N) is 6. The molecule has 1 saturated heterocycles. The summed E-state index contributed by atoms with van der Waals surface area (Å²) in [5, 5.41) is 14.6. The number of piperazine rings is 1. The molecule has 0 radical (unpaired) electrons. The molecular formula is C33H46N8O3. The van der Waals surface area contributed by atoms with Crippen LogP contribution in [0.4, 0.5) is 16.4 Å². The number of fused-ring (bicyclic) bond motifs is 1. The molecule has 3 aromatic heterocycles. The summed E-state index contributed by atoms with van der Waals surface area (Å²) in [6.45, 7) is 12.3. The molecule has 0 unspecified atom stereocenters. The van der Waals surface area contributed by atoms with Gasteiger partial charge in [-0.25, -0.2) is 9.78 Å². The topological polar surface area (TPSA) is 113 Å². The second-order valence-electron chi connectivity index (χ2n) is 12.4. The van der Waals surface area contributed by atoms with Gasteiger partial charge in [-0.05, 0) is 70.0 Å². The van der Waals surface area contributed by atoms with Gasteiger partial charge >= 0.3 is 6.09 Å². The van der Waals surface area contributed by atoms with Gasteiger partial charge in [0.2, 0.25) is 5.95 Å². The summed E-state index contributed by atoms with van der Waals surface area (Å²) >= 11 is 0. The molecule has 1 aromatic carbocycles. The van der Waals surface area contributed by atoms with Gasteiger partial charge in [0, 0.05) is 50.2 Å². The molecule has 2 N–H and O–H groups in total. The van der Waals surface area contributed by atoms with E-state index in [0.29, 0.717) is 19.0 Å². The third kappa shape index (κ3) is 8.95. The number of ether oxygens (including phenoxy) is 1. The molecular weight excluding hydrogens is 556 g/mol. The maximum Gasteiger partial charge on any atom is 0.407 e. The Bertz CT molecular complexity index is 1440. The predicted octanol–water partition coefficient (Wildman–Crippen LogP) is 5.98. The van der Waals surface area contributed by atoms with Crippen molar-refractivity contribution in [2.24, 2.45) is 0 Å². The van der Waals surface area contributed by atoms with Gasteiger partial charge in [0.1, 0.15) is 17.7 Å². The normalized spacial score (nSPS) is 14.2. The lowest BCUT2D eigenvalue weighted by Gasteiger charge is -2.36. The second-order valence-corrected chi connectivity index (χ2v) is 12.4. The van der Waals surface area contributed by atoms with Crippen LogP contribution in [0.3, 0.4) is 0 Å². The van der Waals surface area contributed by atoms with Crippen LogP contribution >= 0.6 is 0 Å². The Hall–Kier alpha value is -4.12. The number of unbranched alkanes of at least 4 members (excludes halogenated alkanes) is 5. The van der Waals surface area contributed by atoms with Crippen LogP contribution in [0.5, 0.6) is 0 Å². The number of carbonyl (C=O) groups excluding carboxylic acids is 1. The van der Waals surface area contributed by atoms with Crippen molar-refractivity contribution in [1.82, 2.24) is 29.8 Å². The fourth-order valence-electron chi connectivity index (χ4n) is 5.49. The molecule has 11 heteroatoms. The van der Waals surface area contributed by atoms with E-state index < -0.39 is 5.60 Å². The van der Waals surface area contributed by atoms with Crippen LogP contribution in [-0.4, -0.2) is 75.4 Å². The van der Waals surface area contributed by atoms with Crippen LogP contribution in [0.1, 0.15) is 65.1 Å². The maximum atomic E-state index is 11.7. The van der Waals surface area contributed by atoms with E-state index in [1.807, 2.05) is 43.5 Å². The molecule has 0 aliphatic carbocycles. The first kappa shape index (κ1) is 31.3. The van der Waals surface area contributed by atoms with Gasteiger partial charge in [-0.1, -0.05) is 37.8 Å². The van der Waals surface area contributed by atoms with Crippen LogP contribution in [0.15, 0.2) is 59.6 Å². The van der Waals surface area contributed by atoms with Crippen LogP contribution < -0.4 is 15.5 Å². The Morgan fingerprint density at radius 1 is 0.977 bits per heavy atom. The first-order valence-electron chi connectivity index (χ1n) is 15.9. The van der Waals surface area contributed by atoms with E-state index >= 15 is 0 Å². The molecule has 1 aliphatic heterocycles. The number of anilines is 2. The van der Waals surface area contributed by atoms with Gasteiger partial charge in [-0.2, -0.15) is 0 Å². The first-order chi connectivity index (χ1) is 21.4. The Morgan fingerprint density at radius 3 is 2.45 bits per heavy atom. The zero-order valence-electron chi connectivity index (χ0n) is 26.3. The van der Waals surface area contributed by atoms with Crippen molar-refractivity contribution in [3.05, 3.63) is 60.9 Å². The molecule has 11 nitrogen and oxygen atoms in total. The number of aromatic nitrogens is 4. The highest BCUT2D eigenvalue weighted by Gasteiger charge is 2.18. The molecule has 1 aliphatic rings. The number of rotatable bonds is 14. The lowest BCUT2D eigenvalue weighted by atomic mass is 10.1. The van der Waals surface area contributed by atoms with E-state index in [1.165, 1.54) is 37.9 Å². The molecule has 4 aromatic rings. The van der Waals surface area contributed by atoms with Crippen molar-refractivity contribution in [2.75, 3.05) is 49.5 Å². The quantitative estimate of drug-likeness (QED) is 0.168. The summed E-state index contributed by atoms with van der Waals surface area (Å²) in [5.74, 6) is 1.51. The van der Waals surface area contributed by atoms with Gasteiger partial charge in [-0.3, -0.25) is 9.30 Å². The molecule has 0 atom stereocenters. The molecule has 0 spiro atoms. The molecule has 4 heterocycles. The van der Waals surface area contributed by atoms with E-state index in [2.05, 4.69) is 59.9 Å². The van der Waals surface area contributed by atoms with Gasteiger partial charge < -0.3 is 24.7 Å². The minimum absolute atomic E-state index is 0.321. The van der Waals surface area contributed by atoms with E-state index in [1.54, 1.807) is 12.6 Å². The number of hydrogen-bond donors (Lipinski definition) is 2. The number of benzene rings is 1. The van der Waals surface area contributed by atoms with Gasteiger partial charge in [0.05, 0.1) is 12.8 Å². The smallest absolute Gasteiger partial charge is 0.407 e. The monoisotopic (exact) mass is 602 g/mol. The highest BCUT2D eigenvalue weighted by Crippen LogP contribution is 2.27. The van der Waals surface area contributed by atoms with Crippen molar-refractivity contribution >= 4 is 23.4 Å². The molecule has 5 rings (SSSR count). The standard InChI is InChI=1S/C33H46N8O3/c1-33(2,3)44-32(42)34-16-8-6-4-5-7-9-17-39-18-20-40(21-19-39)27-14-12-26(13-15-27)29-24-36-31(41-25-37-38-30(29)41)35-23-28-11-10-22-43-28/h10-15,22,24-25H,4-9,16-21,23H2,1-3H3,(H,34,42)(H,35,36). The summed E-state index contributed by atoms with van der Waals surface area (Å²) in [7, 11) is 0. The zero-order valence-corrected chi connectivity index (χ0v) is 26.3. The third-order valence-electron chi connectivity index (χ3n) is 7.82. The zero-order chi connectivity index (χ0) is 30.8. The molecule has 0 bridgehead atoms. The highest BCUT2D eigenvalue weighted by atomic mass is 16.6. The Balaban J connectivity index is 0.993. The minimum atomic E-state index is -0.443. The van der Waals surface area contributed by atoms with Crippen molar-refractivity contribution in [3.63, 3.8) is 0 Å². The summed E-state index contributed by atoms with van der Waals surface area (Å²) in [4.78, 5) is 21.4. The summed E-state index contributed by atoms with van der Waals surface area (Å²) in [5.41, 5.74) is 3.58. The predicted molar refractivity (Wildman–Crippen MR) is 173 cm³/mol. The fourth-order valence-corrected chi connectivity index (χ4v) is 5.49. The van der Waals surface area contributed by atoms with Crippen LogP contribution in [-0.2, 0) is 11.3 Å². The second kappa shape index (κ2) is 15.1. The lowest BCUT2D eigenvalue weighted by molar-refractivity contribution is 0.0527. The average molecular weight is 603 g/mol. The summed E-state index contributed by atoms with van der Waals surface area (Å²) in [6, 6.07) is 12.5. The van der Waals surface area contributed by atoms with E-state index in [-0.39, 0.29) is 6.09 Å². The third-order valence-corrected chi connectivity index (χ3v) is 7.82. The number of alkyl carbamates (subject to hydrolysis) is 1. The Kier molecular flexibility index (Phi) is 10.7. The van der Waals surface area contributed by atoms with Crippen molar-refractivity contribution < 1.29 is 13.9 Å². The molecule has 1 amide bonds. The van der Waals surface area contributed by atoms with Gasteiger partial charge in [0.25, 0.3) is 0 Å². The fraction of sp³-hybridized carbons (Fsp3) is 0.515. The molecule has 44 heavy (non-hydrogen) atoms. The van der Waals surface area contributed by atoms with Gasteiger partial charge in [-0.15, -0.1) is 10.2 Å². The lowest BCUT2D eigenvalue weighted by Crippen LogP contribution is -2.46. The van der Waals surface area contributed by atoms with E-state index in [0.717, 1.165) is 61.6 Å². The minimum Gasteiger partial charge on any atom is -0.467 e. The Morgan fingerprint density at radius 2 is 1.73 bits per heavy atom. The molecule has 0 saturated carbocycles. The Labute approximate surface area is 260 Å². The van der Waals surface area contributed by atoms with Gasteiger partial charge in [0.15, 0.2) is 5.65 Å². The number of amides is 1. The summed E-state index contributed by atoms with van der Waals surface area (Å²) < 4.78 is 12.6. The van der Waals surface area contributed by atoms with Crippen molar-refractivity contribution in [2.45, 2.75) is 71.4 Å². The molecule has 236 valence electrons. The van der Waals surface area contributed by atoms with E-state index in [4.69, 9.17) is 9.15 Å². The SMILES string of the molecule is CC(C)(C)OC(=O)NCCCCCCCCN1CCN(c2ccc(-c3cnc(NCc4ccco4)n4cnnc34)cc2)CC1. The van der Waals surface area contributed by atoms with E-state index in [9.17, 15) is 4.79 Å². The van der Waals surface area contributed by atoms with Crippen molar-refractivity contribution in [3.8, 4) is 11.1 Å². The highest BCUT2D eigenvalue weighted by molar-refractivity contribution is 5.78. The first-order valence-corrected chi connectivity index (χ1v) is 15.9. The maximum absolute atomic E-state index is 11.7. The largest absolute Gasteiger partial charge is 0.467 e.